The lowest BCUT2D eigenvalue weighted by molar-refractivity contribution is -0.156. The van der Waals surface area contributed by atoms with Crippen molar-refractivity contribution in [1.29, 1.82) is 0 Å². The van der Waals surface area contributed by atoms with E-state index >= 15 is 0 Å². The minimum Gasteiger partial charge on any atom is -0.435 e. The van der Waals surface area contributed by atoms with Crippen LogP contribution in [-0.4, -0.2) is 17.4 Å². The fourth-order valence-corrected chi connectivity index (χ4v) is 2.09. The van der Waals surface area contributed by atoms with Gasteiger partial charge in [0, 0.05) is 5.92 Å². The third kappa shape index (κ3) is 1.03. The molecule has 1 saturated heterocycles. The summed E-state index contributed by atoms with van der Waals surface area (Å²) >= 11 is 0. The van der Waals surface area contributed by atoms with Crippen molar-refractivity contribution in [1.82, 2.24) is 0 Å². The van der Waals surface area contributed by atoms with Gasteiger partial charge in [-0.05, 0) is 12.8 Å². The summed E-state index contributed by atoms with van der Waals surface area (Å²) in [6, 6.07) is 0. The van der Waals surface area contributed by atoms with Gasteiger partial charge >= 0.3 is 5.97 Å². The number of cyclic esters (lactones) is 1. The molecule has 0 aromatic heterocycles. The molecule has 1 unspecified atom stereocenters. The van der Waals surface area contributed by atoms with Crippen molar-refractivity contribution >= 4 is 5.97 Å². The van der Waals surface area contributed by atoms with Gasteiger partial charge in [-0.1, -0.05) is 12.8 Å². The van der Waals surface area contributed by atoms with Gasteiger partial charge in [0.25, 0.3) is 0 Å². The van der Waals surface area contributed by atoms with Gasteiger partial charge in [0.05, 0.1) is 5.92 Å². The van der Waals surface area contributed by atoms with Crippen molar-refractivity contribution in [3.8, 4) is 0 Å². The summed E-state index contributed by atoms with van der Waals surface area (Å²) in [5, 5.41) is 9.25. The number of carbonyl (C=O) groups excluding carboxylic acids is 1. The molecule has 1 saturated carbocycles. The molecule has 0 aromatic rings. The number of hydrogen-bond acceptors (Lipinski definition) is 3. The molecule has 2 fully saturated rings. The summed E-state index contributed by atoms with van der Waals surface area (Å²) in [6.45, 7) is 0. The Morgan fingerprint density at radius 2 is 2.09 bits per heavy atom. The van der Waals surface area contributed by atoms with Gasteiger partial charge in [0.15, 0.2) is 0 Å². The Hall–Kier alpha value is -0.570. The molecule has 3 heteroatoms. The number of rotatable bonds is 0. The van der Waals surface area contributed by atoms with Crippen LogP contribution in [0.15, 0.2) is 0 Å². The highest BCUT2D eigenvalue weighted by Gasteiger charge is 2.44. The highest BCUT2D eigenvalue weighted by Crippen LogP contribution is 2.38. The highest BCUT2D eigenvalue weighted by atomic mass is 16.6. The predicted molar refractivity (Wildman–Crippen MR) is 37.5 cm³/mol. The average molecular weight is 156 g/mol. The maximum atomic E-state index is 11.0. The molecule has 11 heavy (non-hydrogen) atoms. The van der Waals surface area contributed by atoms with Crippen LogP contribution in [0.2, 0.25) is 0 Å². The van der Waals surface area contributed by atoms with E-state index in [1.165, 1.54) is 0 Å². The first kappa shape index (κ1) is 7.10. The lowest BCUT2D eigenvalue weighted by Crippen LogP contribution is -2.23. The molecule has 1 aliphatic heterocycles. The van der Waals surface area contributed by atoms with Crippen molar-refractivity contribution in [2.24, 2.45) is 11.8 Å². The van der Waals surface area contributed by atoms with E-state index in [0.29, 0.717) is 0 Å². The zero-order chi connectivity index (χ0) is 7.84. The first-order valence-electron chi connectivity index (χ1n) is 4.17. The first-order valence-corrected chi connectivity index (χ1v) is 4.17. The summed E-state index contributed by atoms with van der Waals surface area (Å²) in [5.74, 6) is -0.0998. The molecule has 0 amide bonds. The third-order valence-corrected chi connectivity index (χ3v) is 2.73. The molecule has 1 aliphatic carbocycles. The second-order valence-corrected chi connectivity index (χ2v) is 3.38. The van der Waals surface area contributed by atoms with Crippen LogP contribution in [0, 0.1) is 11.8 Å². The van der Waals surface area contributed by atoms with Crippen molar-refractivity contribution in [2.75, 3.05) is 0 Å². The normalized spacial score (nSPS) is 43.4. The van der Waals surface area contributed by atoms with Gasteiger partial charge in [0.1, 0.15) is 0 Å². The minimum absolute atomic E-state index is 0.00116. The molecule has 0 spiro atoms. The van der Waals surface area contributed by atoms with E-state index in [9.17, 15) is 9.90 Å². The molecule has 62 valence electrons. The number of ether oxygens (including phenoxy) is 1. The molecule has 1 N–H and O–H groups in total. The Labute approximate surface area is 65.4 Å². The molecule has 0 radical (unpaired) electrons. The van der Waals surface area contributed by atoms with E-state index in [0.717, 1.165) is 25.7 Å². The SMILES string of the molecule is O=C1O[C@H](O)[C@@H]2CCCCC12. The van der Waals surface area contributed by atoms with Crippen LogP contribution in [0.5, 0.6) is 0 Å². The van der Waals surface area contributed by atoms with Crippen LogP contribution in [0.1, 0.15) is 25.7 Å². The van der Waals surface area contributed by atoms with Crippen LogP contribution >= 0.6 is 0 Å². The highest BCUT2D eigenvalue weighted by molar-refractivity contribution is 5.75. The van der Waals surface area contributed by atoms with Crippen molar-refractivity contribution in [2.45, 2.75) is 32.0 Å². The van der Waals surface area contributed by atoms with Gasteiger partial charge < -0.3 is 9.84 Å². The van der Waals surface area contributed by atoms with E-state index in [2.05, 4.69) is 0 Å². The zero-order valence-corrected chi connectivity index (χ0v) is 6.32. The molecule has 1 heterocycles. The predicted octanol–water partition coefficient (Wildman–Crippen LogP) is 0.668. The summed E-state index contributed by atoms with van der Waals surface area (Å²) in [7, 11) is 0. The second-order valence-electron chi connectivity index (χ2n) is 3.38. The maximum Gasteiger partial charge on any atom is 0.311 e. The van der Waals surface area contributed by atoms with Crippen LogP contribution < -0.4 is 0 Å². The number of hydrogen-bond donors (Lipinski definition) is 1. The lowest BCUT2D eigenvalue weighted by Gasteiger charge is -2.21. The molecule has 3 atom stereocenters. The molecular weight excluding hydrogens is 144 g/mol. The summed E-state index contributed by atoms with van der Waals surface area (Å²) < 4.78 is 4.72. The average Bonchev–Trinajstić information content (AvgIpc) is 2.30. The molecule has 2 rings (SSSR count). The van der Waals surface area contributed by atoms with Crippen molar-refractivity contribution in [3.63, 3.8) is 0 Å². The molecule has 0 bridgehead atoms. The summed E-state index contributed by atoms with van der Waals surface area (Å²) in [4.78, 5) is 11.0. The van der Waals surface area contributed by atoms with E-state index in [1.807, 2.05) is 0 Å². The Balaban J connectivity index is 2.13. The van der Waals surface area contributed by atoms with Crippen LogP contribution in [0.4, 0.5) is 0 Å². The standard InChI is InChI=1S/C8H12O3/c9-7-5-3-1-2-4-6(5)8(10)11-7/h5-7,9H,1-4H2/t5-,6?,7+/m1/s1. The Morgan fingerprint density at radius 3 is 2.82 bits per heavy atom. The second kappa shape index (κ2) is 2.48. The van der Waals surface area contributed by atoms with E-state index in [4.69, 9.17) is 4.74 Å². The van der Waals surface area contributed by atoms with Gasteiger partial charge in [-0.25, -0.2) is 0 Å². The minimum atomic E-state index is -0.812. The summed E-state index contributed by atoms with van der Waals surface area (Å²) in [5.41, 5.74) is 0. The molecule has 2 aliphatic rings. The molecule has 0 aromatic carbocycles. The van der Waals surface area contributed by atoms with E-state index in [-0.39, 0.29) is 17.8 Å². The van der Waals surface area contributed by atoms with Gasteiger partial charge in [-0.15, -0.1) is 0 Å². The third-order valence-electron chi connectivity index (χ3n) is 2.73. The zero-order valence-electron chi connectivity index (χ0n) is 6.32. The molecular formula is C8H12O3. The topological polar surface area (TPSA) is 46.5 Å². The van der Waals surface area contributed by atoms with Gasteiger partial charge in [0.2, 0.25) is 6.29 Å². The lowest BCUT2D eigenvalue weighted by atomic mass is 9.81. The number of aliphatic hydroxyl groups excluding tert-OH is 1. The van der Waals surface area contributed by atoms with Gasteiger partial charge in [-0.3, -0.25) is 4.79 Å². The van der Waals surface area contributed by atoms with Crippen LogP contribution in [0.25, 0.3) is 0 Å². The largest absolute Gasteiger partial charge is 0.435 e. The Bertz CT molecular complexity index is 178. The fraction of sp³-hybridized carbons (Fsp3) is 0.875. The monoisotopic (exact) mass is 156 g/mol. The van der Waals surface area contributed by atoms with Crippen molar-refractivity contribution in [3.05, 3.63) is 0 Å². The quantitative estimate of drug-likeness (QED) is 0.524. The number of carbonyl (C=O) groups is 1. The van der Waals surface area contributed by atoms with E-state index in [1.54, 1.807) is 0 Å². The van der Waals surface area contributed by atoms with Gasteiger partial charge in [-0.2, -0.15) is 0 Å². The summed E-state index contributed by atoms with van der Waals surface area (Å²) in [6.07, 6.45) is 3.25. The fourth-order valence-electron chi connectivity index (χ4n) is 2.09. The van der Waals surface area contributed by atoms with Crippen LogP contribution in [-0.2, 0) is 9.53 Å². The van der Waals surface area contributed by atoms with Crippen molar-refractivity contribution < 1.29 is 14.6 Å². The molecule has 3 nitrogen and oxygen atoms in total. The Morgan fingerprint density at radius 1 is 1.36 bits per heavy atom. The first-order chi connectivity index (χ1) is 5.29. The van der Waals surface area contributed by atoms with E-state index < -0.39 is 6.29 Å². The maximum absolute atomic E-state index is 11.0. The smallest absolute Gasteiger partial charge is 0.311 e. The number of fused-ring (bicyclic) bond motifs is 1. The Kier molecular flexibility index (Phi) is 1.60. The number of esters is 1. The van der Waals surface area contributed by atoms with Crippen LogP contribution in [0.3, 0.4) is 0 Å². The number of aliphatic hydroxyl groups is 1.